The molecule has 1 aromatic carbocycles. The topological polar surface area (TPSA) is 85.6 Å². The Morgan fingerprint density at radius 1 is 1.19 bits per heavy atom. The van der Waals surface area contributed by atoms with Gasteiger partial charge in [-0.05, 0) is 48.6 Å². The number of esters is 1. The summed E-state index contributed by atoms with van der Waals surface area (Å²) in [5, 5.41) is 5.23. The van der Waals surface area contributed by atoms with Crippen LogP contribution in [0.15, 0.2) is 44.9 Å². The van der Waals surface area contributed by atoms with Crippen LogP contribution in [0.4, 0.5) is 0 Å². The minimum absolute atomic E-state index is 0.0255. The summed E-state index contributed by atoms with van der Waals surface area (Å²) in [7, 11) is 0. The Morgan fingerprint density at radius 3 is 2.70 bits per heavy atom. The van der Waals surface area contributed by atoms with Crippen molar-refractivity contribution in [3.05, 3.63) is 67.7 Å². The molecule has 0 unspecified atom stereocenters. The predicted octanol–water partition coefficient (Wildman–Crippen LogP) is 3.33. The summed E-state index contributed by atoms with van der Waals surface area (Å²) in [6.07, 6.45) is 0.0502. The molecule has 27 heavy (non-hydrogen) atoms. The minimum Gasteiger partial charge on any atom is -0.461 e. The molecule has 3 rings (SSSR count). The summed E-state index contributed by atoms with van der Waals surface area (Å²) in [6.45, 7) is 4.06. The molecule has 0 saturated heterocycles. The molecular weight excluding hydrogens is 366 g/mol. The highest BCUT2D eigenvalue weighted by molar-refractivity contribution is 7.12. The standard InChI is InChI=1S/C20H19NO5S/c1-12-8-15-14(10-19(23)26-16(15)9-13(12)2)11-25-18(22)5-6-21-20(24)17-4-3-7-27-17/h3-4,7-10H,5-6,11H2,1-2H3,(H,21,24). The van der Waals surface area contributed by atoms with Gasteiger partial charge in [0.05, 0.1) is 11.3 Å². The Morgan fingerprint density at radius 2 is 1.96 bits per heavy atom. The average Bonchev–Trinajstić information content (AvgIpc) is 3.16. The number of nitrogens with one attached hydrogen (secondary N) is 1. The van der Waals surface area contributed by atoms with E-state index in [1.54, 1.807) is 18.2 Å². The molecule has 0 bridgehead atoms. The highest BCUT2D eigenvalue weighted by atomic mass is 32.1. The van der Waals surface area contributed by atoms with Crippen LogP contribution in [0, 0.1) is 13.8 Å². The molecule has 3 aromatic rings. The maximum absolute atomic E-state index is 12.0. The van der Waals surface area contributed by atoms with Gasteiger partial charge in [0.15, 0.2) is 0 Å². The van der Waals surface area contributed by atoms with Crippen LogP contribution in [0.5, 0.6) is 0 Å². The normalized spacial score (nSPS) is 10.7. The van der Waals surface area contributed by atoms with Crippen molar-refractivity contribution in [1.82, 2.24) is 5.32 Å². The van der Waals surface area contributed by atoms with Crippen LogP contribution in [0.1, 0.15) is 32.8 Å². The largest absolute Gasteiger partial charge is 0.461 e. The van der Waals surface area contributed by atoms with Gasteiger partial charge in [0, 0.05) is 23.6 Å². The van der Waals surface area contributed by atoms with E-state index in [1.807, 2.05) is 25.3 Å². The van der Waals surface area contributed by atoms with Gasteiger partial charge in [-0.1, -0.05) is 6.07 Å². The van der Waals surface area contributed by atoms with E-state index in [0.717, 1.165) is 16.5 Å². The fourth-order valence-electron chi connectivity index (χ4n) is 2.61. The third-order valence-corrected chi connectivity index (χ3v) is 5.06. The highest BCUT2D eigenvalue weighted by Gasteiger charge is 2.11. The molecule has 2 heterocycles. The number of ether oxygens (including phenoxy) is 1. The Bertz CT molecular complexity index is 1040. The number of thiophene rings is 1. The van der Waals surface area contributed by atoms with Crippen LogP contribution in [0.3, 0.4) is 0 Å². The summed E-state index contributed by atoms with van der Waals surface area (Å²) in [4.78, 5) is 36.1. The van der Waals surface area contributed by atoms with E-state index in [-0.39, 0.29) is 25.5 Å². The lowest BCUT2D eigenvalue weighted by molar-refractivity contribution is -0.144. The lowest BCUT2D eigenvalue weighted by Gasteiger charge is -2.09. The van der Waals surface area contributed by atoms with E-state index in [2.05, 4.69) is 5.32 Å². The van der Waals surface area contributed by atoms with Crippen molar-refractivity contribution in [2.45, 2.75) is 26.9 Å². The summed E-state index contributed by atoms with van der Waals surface area (Å²) in [6, 6.07) is 8.56. The summed E-state index contributed by atoms with van der Waals surface area (Å²) in [5.41, 5.74) is 2.65. The number of amides is 1. The Balaban J connectivity index is 1.59. The Kier molecular flexibility index (Phi) is 5.71. The molecule has 140 valence electrons. The molecular formula is C20H19NO5S. The zero-order valence-corrected chi connectivity index (χ0v) is 15.9. The molecule has 0 aliphatic heterocycles. The van der Waals surface area contributed by atoms with Crippen molar-refractivity contribution < 1.29 is 18.7 Å². The van der Waals surface area contributed by atoms with Crippen LogP contribution in [0.2, 0.25) is 0 Å². The van der Waals surface area contributed by atoms with Gasteiger partial charge in [-0.2, -0.15) is 0 Å². The molecule has 2 aromatic heterocycles. The molecule has 0 fully saturated rings. The molecule has 0 spiro atoms. The monoisotopic (exact) mass is 385 g/mol. The van der Waals surface area contributed by atoms with Crippen molar-refractivity contribution in [3.8, 4) is 0 Å². The minimum atomic E-state index is -0.486. The maximum atomic E-state index is 12.0. The number of carbonyl (C=O) groups excluding carboxylic acids is 2. The first-order valence-electron chi connectivity index (χ1n) is 8.45. The van der Waals surface area contributed by atoms with Crippen molar-refractivity contribution in [3.63, 3.8) is 0 Å². The van der Waals surface area contributed by atoms with Gasteiger partial charge in [0.2, 0.25) is 0 Å². The van der Waals surface area contributed by atoms with Crippen LogP contribution in [-0.2, 0) is 16.1 Å². The maximum Gasteiger partial charge on any atom is 0.336 e. The first-order chi connectivity index (χ1) is 12.9. The van der Waals surface area contributed by atoms with E-state index in [1.165, 1.54) is 17.4 Å². The van der Waals surface area contributed by atoms with Gasteiger partial charge in [-0.15, -0.1) is 11.3 Å². The van der Waals surface area contributed by atoms with E-state index < -0.39 is 11.6 Å². The first kappa shape index (κ1) is 18.8. The Hall–Kier alpha value is -2.93. The number of aryl methyl sites for hydroxylation is 2. The number of benzene rings is 1. The van der Waals surface area contributed by atoms with Gasteiger partial charge >= 0.3 is 11.6 Å². The molecule has 0 aliphatic rings. The number of rotatable bonds is 6. The number of hydrogen-bond donors (Lipinski definition) is 1. The zero-order chi connectivity index (χ0) is 19.4. The molecule has 0 radical (unpaired) electrons. The van der Waals surface area contributed by atoms with Crippen LogP contribution in [-0.4, -0.2) is 18.4 Å². The SMILES string of the molecule is Cc1cc2oc(=O)cc(COC(=O)CCNC(=O)c3cccs3)c2cc1C. The summed E-state index contributed by atoms with van der Waals surface area (Å²) < 4.78 is 10.5. The lowest BCUT2D eigenvalue weighted by Crippen LogP contribution is -2.25. The number of fused-ring (bicyclic) bond motifs is 1. The van der Waals surface area contributed by atoms with Crippen molar-refractivity contribution >= 4 is 34.2 Å². The van der Waals surface area contributed by atoms with Crippen LogP contribution < -0.4 is 10.9 Å². The second-order valence-electron chi connectivity index (χ2n) is 6.17. The van der Waals surface area contributed by atoms with E-state index in [4.69, 9.17) is 9.15 Å². The Labute approximate surface area is 159 Å². The molecule has 0 aliphatic carbocycles. The number of carbonyl (C=O) groups is 2. The molecule has 6 nitrogen and oxygen atoms in total. The second kappa shape index (κ2) is 8.18. The third kappa shape index (κ3) is 4.62. The molecule has 0 atom stereocenters. The smallest absolute Gasteiger partial charge is 0.336 e. The van der Waals surface area contributed by atoms with Gasteiger partial charge in [0.25, 0.3) is 5.91 Å². The molecule has 1 amide bonds. The zero-order valence-electron chi connectivity index (χ0n) is 15.0. The molecule has 1 N–H and O–H groups in total. The third-order valence-electron chi connectivity index (χ3n) is 4.19. The van der Waals surface area contributed by atoms with Crippen LogP contribution in [0.25, 0.3) is 11.0 Å². The summed E-state index contributed by atoms with van der Waals surface area (Å²) in [5.74, 6) is -0.665. The highest BCUT2D eigenvalue weighted by Crippen LogP contribution is 2.22. The lowest BCUT2D eigenvalue weighted by atomic mass is 10.0. The van der Waals surface area contributed by atoms with Gasteiger partial charge in [0.1, 0.15) is 12.2 Å². The van der Waals surface area contributed by atoms with Gasteiger partial charge < -0.3 is 14.5 Å². The second-order valence-corrected chi connectivity index (χ2v) is 7.11. The van der Waals surface area contributed by atoms with Crippen molar-refractivity contribution in [2.24, 2.45) is 0 Å². The molecule has 7 heteroatoms. The van der Waals surface area contributed by atoms with Crippen molar-refractivity contribution in [1.29, 1.82) is 0 Å². The molecule has 0 saturated carbocycles. The predicted molar refractivity (Wildman–Crippen MR) is 103 cm³/mol. The van der Waals surface area contributed by atoms with Crippen LogP contribution >= 0.6 is 11.3 Å². The van der Waals surface area contributed by atoms with Gasteiger partial charge in [-0.3, -0.25) is 9.59 Å². The van der Waals surface area contributed by atoms with E-state index >= 15 is 0 Å². The fraction of sp³-hybridized carbons (Fsp3) is 0.250. The van der Waals surface area contributed by atoms with Crippen molar-refractivity contribution in [2.75, 3.05) is 6.54 Å². The first-order valence-corrected chi connectivity index (χ1v) is 9.33. The number of hydrogen-bond acceptors (Lipinski definition) is 6. The quantitative estimate of drug-likeness (QED) is 0.520. The fourth-order valence-corrected chi connectivity index (χ4v) is 3.25. The van der Waals surface area contributed by atoms with E-state index in [0.29, 0.717) is 16.0 Å². The summed E-state index contributed by atoms with van der Waals surface area (Å²) >= 11 is 1.34. The average molecular weight is 385 g/mol. The van der Waals surface area contributed by atoms with E-state index in [9.17, 15) is 14.4 Å². The van der Waals surface area contributed by atoms with Gasteiger partial charge in [-0.25, -0.2) is 4.79 Å².